The molecule has 16 heavy (non-hydrogen) atoms. The van der Waals surface area contributed by atoms with Crippen molar-refractivity contribution in [3.8, 4) is 5.75 Å². The van der Waals surface area contributed by atoms with Crippen molar-refractivity contribution in [3.05, 3.63) is 30.3 Å². The third-order valence-electron chi connectivity index (χ3n) is 1.73. The number of ether oxygens (including phenoxy) is 2. The average molecular weight is 243 g/mol. The lowest BCUT2D eigenvalue weighted by Crippen LogP contribution is -2.25. The molecule has 0 aromatic heterocycles. The molecule has 0 bridgehead atoms. The third-order valence-corrected chi connectivity index (χ3v) is 1.99. The fraction of sp³-hybridized carbons (Fsp3) is 0.417. The molecule has 0 aliphatic carbocycles. The van der Waals surface area contributed by atoms with E-state index in [1.54, 1.807) is 24.3 Å². The van der Waals surface area contributed by atoms with Crippen LogP contribution in [0.15, 0.2) is 30.3 Å². The number of halogens is 1. The van der Waals surface area contributed by atoms with E-state index in [1.807, 2.05) is 19.9 Å². The second-order valence-corrected chi connectivity index (χ2v) is 4.17. The Morgan fingerprint density at radius 3 is 2.50 bits per heavy atom. The molecule has 1 atom stereocenters. The zero-order valence-corrected chi connectivity index (χ0v) is 10.1. The molecule has 0 saturated carbocycles. The van der Waals surface area contributed by atoms with Gasteiger partial charge < -0.3 is 9.47 Å². The van der Waals surface area contributed by atoms with Gasteiger partial charge in [0.1, 0.15) is 5.75 Å². The molecule has 0 radical (unpaired) electrons. The maximum atomic E-state index is 11.4. The summed E-state index contributed by atoms with van der Waals surface area (Å²) in [4.78, 5) is 11.4. The Hall–Kier alpha value is -1.22. The minimum Gasteiger partial charge on any atom is -0.463 e. The van der Waals surface area contributed by atoms with E-state index < -0.39 is 11.5 Å². The quantitative estimate of drug-likeness (QED) is 0.588. The van der Waals surface area contributed by atoms with E-state index in [-0.39, 0.29) is 5.92 Å². The summed E-state index contributed by atoms with van der Waals surface area (Å²) < 4.78 is 10.1. The van der Waals surface area contributed by atoms with Crippen LogP contribution in [0, 0.1) is 5.92 Å². The SMILES string of the molecule is CC(C)COC(=O)C(Cl)Oc1ccccc1. The molecular weight excluding hydrogens is 228 g/mol. The lowest BCUT2D eigenvalue weighted by molar-refractivity contribution is -0.149. The zero-order chi connectivity index (χ0) is 12.0. The minimum absolute atomic E-state index is 0.282. The predicted molar refractivity (Wildman–Crippen MR) is 62.5 cm³/mol. The van der Waals surface area contributed by atoms with Gasteiger partial charge in [0.15, 0.2) is 0 Å². The van der Waals surface area contributed by atoms with Crippen LogP contribution in [0.3, 0.4) is 0 Å². The molecule has 1 unspecified atom stereocenters. The molecule has 88 valence electrons. The predicted octanol–water partition coefficient (Wildman–Crippen LogP) is 2.83. The molecular formula is C12H15ClO3. The molecule has 0 aliphatic rings. The third kappa shape index (κ3) is 4.53. The number of para-hydroxylation sites is 1. The van der Waals surface area contributed by atoms with Crippen LogP contribution in [-0.2, 0) is 9.53 Å². The fourth-order valence-electron chi connectivity index (χ4n) is 0.981. The largest absolute Gasteiger partial charge is 0.463 e. The number of carbonyl (C=O) groups is 1. The van der Waals surface area contributed by atoms with Crippen LogP contribution in [0.5, 0.6) is 5.75 Å². The summed E-state index contributed by atoms with van der Waals surface area (Å²) in [6.45, 7) is 4.25. The number of benzene rings is 1. The molecule has 1 aromatic rings. The van der Waals surface area contributed by atoms with Crippen LogP contribution in [0.4, 0.5) is 0 Å². The van der Waals surface area contributed by atoms with Gasteiger partial charge in [-0.1, -0.05) is 43.6 Å². The van der Waals surface area contributed by atoms with Crippen molar-refractivity contribution in [2.45, 2.75) is 19.4 Å². The number of esters is 1. The van der Waals surface area contributed by atoms with Gasteiger partial charge in [-0.15, -0.1) is 0 Å². The smallest absolute Gasteiger partial charge is 0.363 e. The van der Waals surface area contributed by atoms with Crippen LogP contribution in [0.25, 0.3) is 0 Å². The standard InChI is InChI=1S/C12H15ClO3/c1-9(2)8-15-12(14)11(13)16-10-6-4-3-5-7-10/h3-7,9,11H,8H2,1-2H3. The molecule has 0 saturated heterocycles. The maximum Gasteiger partial charge on any atom is 0.363 e. The number of hydrogen-bond donors (Lipinski definition) is 0. The van der Waals surface area contributed by atoms with Gasteiger partial charge in [0.25, 0.3) is 5.56 Å². The van der Waals surface area contributed by atoms with E-state index in [4.69, 9.17) is 21.1 Å². The molecule has 0 heterocycles. The van der Waals surface area contributed by atoms with Crippen LogP contribution in [-0.4, -0.2) is 18.1 Å². The molecule has 1 rings (SSSR count). The van der Waals surface area contributed by atoms with E-state index in [0.29, 0.717) is 12.4 Å². The Kier molecular flexibility index (Phi) is 5.12. The van der Waals surface area contributed by atoms with Gasteiger partial charge in [0.05, 0.1) is 6.61 Å². The molecule has 0 aliphatic heterocycles. The summed E-state index contributed by atoms with van der Waals surface area (Å²) >= 11 is 5.75. The van der Waals surface area contributed by atoms with Crippen LogP contribution in [0.2, 0.25) is 0 Å². The van der Waals surface area contributed by atoms with Gasteiger partial charge in [-0.05, 0) is 18.1 Å². The van der Waals surface area contributed by atoms with Crippen LogP contribution >= 0.6 is 11.6 Å². The summed E-state index contributed by atoms with van der Waals surface area (Å²) in [7, 11) is 0. The summed E-state index contributed by atoms with van der Waals surface area (Å²) in [5.74, 6) is 0.271. The van der Waals surface area contributed by atoms with Gasteiger partial charge in [-0.25, -0.2) is 4.79 Å². The Balaban J connectivity index is 2.40. The minimum atomic E-state index is -1.10. The number of alkyl halides is 1. The Morgan fingerprint density at radius 2 is 1.94 bits per heavy atom. The van der Waals surface area contributed by atoms with Crippen molar-refractivity contribution in [3.63, 3.8) is 0 Å². The molecule has 3 nitrogen and oxygen atoms in total. The lowest BCUT2D eigenvalue weighted by atomic mass is 10.2. The molecule has 1 aromatic carbocycles. The number of rotatable bonds is 5. The highest BCUT2D eigenvalue weighted by molar-refractivity contribution is 6.28. The molecule has 0 spiro atoms. The van der Waals surface area contributed by atoms with E-state index in [2.05, 4.69) is 0 Å². The van der Waals surface area contributed by atoms with Crippen molar-refractivity contribution in [2.75, 3.05) is 6.61 Å². The van der Waals surface area contributed by atoms with E-state index in [1.165, 1.54) is 0 Å². The Bertz CT molecular complexity index is 324. The van der Waals surface area contributed by atoms with Gasteiger partial charge in [-0.2, -0.15) is 0 Å². The summed E-state index contributed by atoms with van der Waals surface area (Å²) in [5, 5.41) is 0. The Labute approximate surface area is 100 Å². The summed E-state index contributed by atoms with van der Waals surface area (Å²) in [6.07, 6.45) is 0. The second kappa shape index (κ2) is 6.38. The van der Waals surface area contributed by atoms with E-state index >= 15 is 0 Å². The maximum absolute atomic E-state index is 11.4. The normalized spacial score (nSPS) is 12.2. The first-order valence-electron chi connectivity index (χ1n) is 5.12. The monoisotopic (exact) mass is 242 g/mol. The van der Waals surface area contributed by atoms with Crippen molar-refractivity contribution < 1.29 is 14.3 Å². The van der Waals surface area contributed by atoms with E-state index in [9.17, 15) is 4.79 Å². The first-order chi connectivity index (χ1) is 7.59. The second-order valence-electron chi connectivity index (χ2n) is 3.77. The molecule has 0 fully saturated rings. The highest BCUT2D eigenvalue weighted by atomic mass is 35.5. The molecule has 4 heteroatoms. The van der Waals surface area contributed by atoms with Gasteiger partial charge >= 0.3 is 5.97 Å². The average Bonchev–Trinajstić information content (AvgIpc) is 2.27. The van der Waals surface area contributed by atoms with Crippen LogP contribution < -0.4 is 4.74 Å². The topological polar surface area (TPSA) is 35.5 Å². The van der Waals surface area contributed by atoms with Gasteiger partial charge in [0.2, 0.25) is 0 Å². The first-order valence-corrected chi connectivity index (χ1v) is 5.55. The summed E-state index contributed by atoms with van der Waals surface area (Å²) in [5.41, 5.74) is -1.10. The van der Waals surface area contributed by atoms with Crippen molar-refractivity contribution in [2.24, 2.45) is 5.92 Å². The van der Waals surface area contributed by atoms with Crippen molar-refractivity contribution >= 4 is 17.6 Å². The Morgan fingerprint density at radius 1 is 1.31 bits per heavy atom. The number of hydrogen-bond acceptors (Lipinski definition) is 3. The van der Waals surface area contributed by atoms with Crippen molar-refractivity contribution in [1.29, 1.82) is 0 Å². The van der Waals surface area contributed by atoms with Crippen molar-refractivity contribution in [1.82, 2.24) is 0 Å². The summed E-state index contributed by atoms with van der Waals surface area (Å²) in [6, 6.07) is 8.92. The molecule has 0 amide bonds. The highest BCUT2D eigenvalue weighted by Crippen LogP contribution is 2.13. The van der Waals surface area contributed by atoms with Crippen LogP contribution in [0.1, 0.15) is 13.8 Å². The molecule has 0 N–H and O–H groups in total. The first kappa shape index (κ1) is 12.8. The number of carbonyl (C=O) groups excluding carboxylic acids is 1. The van der Waals surface area contributed by atoms with Gasteiger partial charge in [-0.3, -0.25) is 0 Å². The zero-order valence-electron chi connectivity index (χ0n) is 9.35. The highest BCUT2D eigenvalue weighted by Gasteiger charge is 2.18. The van der Waals surface area contributed by atoms with Gasteiger partial charge in [0, 0.05) is 0 Å². The lowest BCUT2D eigenvalue weighted by Gasteiger charge is -2.13. The fourth-order valence-corrected chi connectivity index (χ4v) is 1.15. The van der Waals surface area contributed by atoms with E-state index in [0.717, 1.165) is 0 Å².